The van der Waals surface area contributed by atoms with Gasteiger partial charge in [0.1, 0.15) is 6.26 Å². The molecule has 0 saturated carbocycles. The van der Waals surface area contributed by atoms with E-state index in [4.69, 9.17) is 10.2 Å². The summed E-state index contributed by atoms with van der Waals surface area (Å²) >= 11 is 1.85. The van der Waals surface area contributed by atoms with E-state index in [0.717, 1.165) is 29.3 Å². The molecule has 102 valence electrons. The Balaban J connectivity index is 1.93. The third-order valence-electron chi connectivity index (χ3n) is 2.90. The maximum Gasteiger partial charge on any atom is 0.226 e. The monoisotopic (exact) mass is 276 g/mol. The van der Waals surface area contributed by atoms with E-state index in [-0.39, 0.29) is 0 Å². The summed E-state index contributed by atoms with van der Waals surface area (Å²) in [7, 11) is 0. The molecule has 1 aromatic heterocycles. The molecule has 4 heteroatoms. The molecule has 2 rings (SSSR count). The lowest BCUT2D eigenvalue weighted by Crippen LogP contribution is -2.12. The van der Waals surface area contributed by atoms with Gasteiger partial charge in [0.15, 0.2) is 0 Å². The number of rotatable bonds is 6. The Morgan fingerprint density at radius 2 is 2.05 bits per heavy atom. The molecule has 0 bridgehead atoms. The van der Waals surface area contributed by atoms with Gasteiger partial charge in [0, 0.05) is 11.3 Å². The van der Waals surface area contributed by atoms with Gasteiger partial charge in [0.2, 0.25) is 5.89 Å². The molecule has 3 nitrogen and oxygen atoms in total. The van der Waals surface area contributed by atoms with E-state index in [1.54, 1.807) is 6.26 Å². The second kappa shape index (κ2) is 6.78. The van der Waals surface area contributed by atoms with Crippen LogP contribution in [0.3, 0.4) is 0 Å². The molecule has 0 aliphatic carbocycles. The number of hydrogen-bond acceptors (Lipinski definition) is 4. The number of benzene rings is 1. The number of oxazole rings is 1. The average Bonchev–Trinajstić information content (AvgIpc) is 2.88. The zero-order valence-corrected chi connectivity index (χ0v) is 12.2. The molecule has 2 N–H and O–H groups in total. The van der Waals surface area contributed by atoms with E-state index in [1.165, 1.54) is 5.56 Å². The lowest BCUT2D eigenvalue weighted by molar-refractivity contribution is 0.573. The summed E-state index contributed by atoms with van der Waals surface area (Å²) in [6.07, 6.45) is 1.75. The normalized spacial score (nSPS) is 12.6. The van der Waals surface area contributed by atoms with Gasteiger partial charge in [-0.2, -0.15) is 11.8 Å². The minimum Gasteiger partial charge on any atom is -0.444 e. The summed E-state index contributed by atoms with van der Waals surface area (Å²) in [5, 5.41) is 0. The first kappa shape index (κ1) is 14.2. The Labute approximate surface area is 118 Å². The van der Waals surface area contributed by atoms with Crippen molar-refractivity contribution in [3.05, 3.63) is 41.8 Å². The number of nitrogens with zero attached hydrogens (tertiary/aromatic N) is 1. The van der Waals surface area contributed by atoms with Crippen LogP contribution in [-0.2, 0) is 5.75 Å². The van der Waals surface area contributed by atoms with Crippen LogP contribution in [0.15, 0.2) is 34.9 Å². The van der Waals surface area contributed by atoms with E-state index in [0.29, 0.717) is 11.8 Å². The molecule has 1 atom stereocenters. The van der Waals surface area contributed by atoms with Crippen LogP contribution in [-0.4, -0.2) is 17.3 Å². The fourth-order valence-corrected chi connectivity index (χ4v) is 2.63. The molecule has 0 aliphatic heterocycles. The first-order valence-corrected chi connectivity index (χ1v) is 7.63. The Hall–Kier alpha value is -1.26. The largest absolute Gasteiger partial charge is 0.444 e. The van der Waals surface area contributed by atoms with Crippen molar-refractivity contribution < 1.29 is 4.42 Å². The van der Waals surface area contributed by atoms with Crippen LogP contribution in [0.5, 0.6) is 0 Å². The SMILES string of the molecule is Cc1ccc(-c2nc(CSCC(C)CN)co2)cc1. The molecule has 19 heavy (non-hydrogen) atoms. The summed E-state index contributed by atoms with van der Waals surface area (Å²) in [6, 6.07) is 8.21. The van der Waals surface area contributed by atoms with E-state index in [9.17, 15) is 0 Å². The third-order valence-corrected chi connectivity index (χ3v) is 4.21. The summed E-state index contributed by atoms with van der Waals surface area (Å²) < 4.78 is 5.53. The quantitative estimate of drug-likeness (QED) is 0.877. The van der Waals surface area contributed by atoms with Crippen molar-refractivity contribution in [2.75, 3.05) is 12.3 Å². The Kier molecular flexibility index (Phi) is 5.05. The first-order chi connectivity index (χ1) is 9.19. The van der Waals surface area contributed by atoms with Crippen molar-refractivity contribution in [3.8, 4) is 11.5 Å². The fourth-order valence-electron chi connectivity index (χ4n) is 1.63. The van der Waals surface area contributed by atoms with Crippen LogP contribution in [0.4, 0.5) is 0 Å². The van der Waals surface area contributed by atoms with E-state index in [2.05, 4.69) is 31.0 Å². The van der Waals surface area contributed by atoms with E-state index in [1.807, 2.05) is 23.9 Å². The Bertz CT molecular complexity index is 507. The van der Waals surface area contributed by atoms with Crippen molar-refractivity contribution in [2.24, 2.45) is 11.7 Å². The molecule has 0 amide bonds. The minimum atomic E-state index is 0.550. The average molecular weight is 276 g/mol. The van der Waals surface area contributed by atoms with Crippen LogP contribution in [0.2, 0.25) is 0 Å². The minimum absolute atomic E-state index is 0.550. The number of aryl methyl sites for hydroxylation is 1. The standard InChI is InChI=1S/C15H20N2OS/c1-11-3-5-13(6-4-11)15-17-14(8-18-15)10-19-9-12(2)7-16/h3-6,8,12H,7,9-10,16H2,1-2H3. The van der Waals surface area contributed by atoms with Gasteiger partial charge < -0.3 is 10.2 Å². The maximum absolute atomic E-state index is 5.60. The number of thioether (sulfide) groups is 1. The fraction of sp³-hybridized carbons (Fsp3) is 0.400. The zero-order chi connectivity index (χ0) is 13.7. The molecular formula is C15H20N2OS. The highest BCUT2D eigenvalue weighted by Crippen LogP contribution is 2.21. The summed E-state index contributed by atoms with van der Waals surface area (Å²) in [5.74, 6) is 3.18. The van der Waals surface area contributed by atoms with Crippen LogP contribution in [0, 0.1) is 12.8 Å². The smallest absolute Gasteiger partial charge is 0.226 e. The molecule has 1 unspecified atom stereocenters. The lowest BCUT2D eigenvalue weighted by atomic mass is 10.1. The van der Waals surface area contributed by atoms with Gasteiger partial charge in [-0.25, -0.2) is 4.98 Å². The van der Waals surface area contributed by atoms with Crippen molar-refractivity contribution >= 4 is 11.8 Å². The molecule has 0 fully saturated rings. The lowest BCUT2D eigenvalue weighted by Gasteiger charge is -2.05. The number of nitrogens with two attached hydrogens (primary N) is 1. The molecule has 1 heterocycles. The van der Waals surface area contributed by atoms with Gasteiger partial charge in [-0.15, -0.1) is 0 Å². The summed E-state index contributed by atoms with van der Waals surface area (Å²) in [6.45, 7) is 4.97. The highest BCUT2D eigenvalue weighted by atomic mass is 32.2. The zero-order valence-electron chi connectivity index (χ0n) is 11.4. The van der Waals surface area contributed by atoms with E-state index < -0.39 is 0 Å². The highest BCUT2D eigenvalue weighted by Gasteiger charge is 2.07. The predicted molar refractivity (Wildman–Crippen MR) is 81.1 cm³/mol. The van der Waals surface area contributed by atoms with Crippen molar-refractivity contribution in [3.63, 3.8) is 0 Å². The van der Waals surface area contributed by atoms with Gasteiger partial charge in [0.05, 0.1) is 5.69 Å². The van der Waals surface area contributed by atoms with Crippen molar-refractivity contribution in [1.82, 2.24) is 4.98 Å². The van der Waals surface area contributed by atoms with Gasteiger partial charge in [-0.3, -0.25) is 0 Å². The van der Waals surface area contributed by atoms with Crippen LogP contribution in [0.1, 0.15) is 18.2 Å². The second-order valence-corrected chi connectivity index (χ2v) is 5.90. The summed E-state index contributed by atoms with van der Waals surface area (Å²) in [5.41, 5.74) is 8.85. The van der Waals surface area contributed by atoms with Crippen LogP contribution < -0.4 is 5.73 Å². The third kappa shape index (κ3) is 4.11. The number of hydrogen-bond donors (Lipinski definition) is 1. The van der Waals surface area contributed by atoms with E-state index >= 15 is 0 Å². The molecule has 0 spiro atoms. The predicted octanol–water partition coefficient (Wildman–Crippen LogP) is 3.48. The first-order valence-electron chi connectivity index (χ1n) is 6.48. The van der Waals surface area contributed by atoms with Gasteiger partial charge in [0.25, 0.3) is 0 Å². The number of aromatic nitrogens is 1. The van der Waals surface area contributed by atoms with Gasteiger partial charge >= 0.3 is 0 Å². The topological polar surface area (TPSA) is 52.0 Å². The summed E-state index contributed by atoms with van der Waals surface area (Å²) in [4.78, 5) is 4.51. The highest BCUT2D eigenvalue weighted by molar-refractivity contribution is 7.98. The Morgan fingerprint density at radius 3 is 2.74 bits per heavy atom. The Morgan fingerprint density at radius 1 is 1.32 bits per heavy atom. The van der Waals surface area contributed by atoms with Gasteiger partial charge in [-0.05, 0) is 37.3 Å². The molecule has 0 saturated heterocycles. The molecule has 1 aromatic carbocycles. The molecule has 0 aliphatic rings. The molecule has 2 aromatic rings. The van der Waals surface area contributed by atoms with Gasteiger partial charge in [-0.1, -0.05) is 24.6 Å². The maximum atomic E-state index is 5.60. The molecular weight excluding hydrogens is 256 g/mol. The molecule has 0 radical (unpaired) electrons. The van der Waals surface area contributed by atoms with Crippen molar-refractivity contribution in [2.45, 2.75) is 19.6 Å². The van der Waals surface area contributed by atoms with Crippen molar-refractivity contribution in [1.29, 1.82) is 0 Å². The second-order valence-electron chi connectivity index (χ2n) is 4.87. The van der Waals surface area contributed by atoms with Crippen LogP contribution in [0.25, 0.3) is 11.5 Å². The van der Waals surface area contributed by atoms with Crippen LogP contribution >= 0.6 is 11.8 Å².